The zero-order valence-corrected chi connectivity index (χ0v) is 9.99. The number of nitrogens with zero attached hydrogens (tertiary/aromatic N) is 1. The average molecular weight is 245 g/mol. The molecule has 16 heavy (non-hydrogen) atoms. The molecule has 6 nitrogen and oxygen atoms in total. The first-order chi connectivity index (χ1) is 7.56. The smallest absolute Gasteiger partial charge is 0.252 e. The van der Waals surface area contributed by atoms with E-state index in [0.29, 0.717) is 12.1 Å². The lowest BCUT2D eigenvalue weighted by Crippen LogP contribution is -2.22. The number of hydrogen-bond acceptors (Lipinski definition) is 3. The van der Waals surface area contributed by atoms with Crippen LogP contribution in [0.3, 0.4) is 0 Å². The molecule has 7 heteroatoms. The molecule has 0 bridgehead atoms. The Morgan fingerprint density at radius 3 is 2.62 bits per heavy atom. The Bertz CT molecular complexity index is 376. The van der Waals surface area contributed by atoms with Crippen LogP contribution in [-0.4, -0.2) is 33.3 Å². The fraction of sp³-hybridized carbons (Fsp3) is 0.333. The van der Waals surface area contributed by atoms with Gasteiger partial charge in [-0.2, -0.15) is 0 Å². The maximum atomic E-state index is 11.3. The van der Waals surface area contributed by atoms with Crippen LogP contribution in [0.2, 0.25) is 0 Å². The van der Waals surface area contributed by atoms with Crippen molar-refractivity contribution in [3.05, 3.63) is 24.0 Å². The van der Waals surface area contributed by atoms with Gasteiger partial charge in [0.15, 0.2) is 0 Å². The molecule has 1 aromatic rings. The van der Waals surface area contributed by atoms with E-state index in [2.05, 4.69) is 11.1 Å². The van der Waals surface area contributed by atoms with Gasteiger partial charge in [0.1, 0.15) is 11.0 Å². The first kappa shape index (κ1) is 14.4. The number of primary amides is 1. The van der Waals surface area contributed by atoms with E-state index in [9.17, 15) is 9.00 Å². The Morgan fingerprint density at radius 1 is 1.69 bits per heavy atom. The van der Waals surface area contributed by atoms with Crippen LogP contribution in [0.5, 0.6) is 0 Å². The van der Waals surface area contributed by atoms with Crippen LogP contribution < -0.4 is 11.1 Å². The van der Waals surface area contributed by atoms with Crippen molar-refractivity contribution in [2.75, 3.05) is 12.8 Å². The Kier molecular flexibility index (Phi) is 6.86. The summed E-state index contributed by atoms with van der Waals surface area (Å²) in [5, 5.41) is 2.66. The van der Waals surface area contributed by atoms with E-state index in [4.69, 9.17) is 4.79 Å². The highest BCUT2D eigenvalue weighted by Gasteiger charge is 2.06. The van der Waals surface area contributed by atoms with Gasteiger partial charge >= 0.3 is 0 Å². The van der Waals surface area contributed by atoms with Crippen molar-refractivity contribution in [3.8, 4) is 0 Å². The van der Waals surface area contributed by atoms with Crippen LogP contribution in [0.25, 0.3) is 0 Å². The molecular formula is C9H15N3O3S. The SMILES string of the molecule is CCNC(=O)c1ccn(S(C)=O)c1.NC=O. The van der Waals surface area contributed by atoms with Crippen molar-refractivity contribution in [1.82, 2.24) is 9.29 Å². The average Bonchev–Trinajstić information content (AvgIpc) is 2.68. The molecule has 0 aliphatic rings. The monoisotopic (exact) mass is 245 g/mol. The molecule has 3 N–H and O–H groups in total. The van der Waals surface area contributed by atoms with Crippen LogP contribution in [0.4, 0.5) is 0 Å². The molecule has 0 aromatic carbocycles. The van der Waals surface area contributed by atoms with Gasteiger partial charge in [0.05, 0.1) is 5.56 Å². The minimum atomic E-state index is -1.09. The van der Waals surface area contributed by atoms with E-state index in [-0.39, 0.29) is 12.3 Å². The van der Waals surface area contributed by atoms with E-state index in [1.165, 1.54) is 3.97 Å². The Hall–Kier alpha value is -1.63. The largest absolute Gasteiger partial charge is 0.372 e. The van der Waals surface area contributed by atoms with Gasteiger partial charge < -0.3 is 11.1 Å². The van der Waals surface area contributed by atoms with Crippen LogP contribution in [0.15, 0.2) is 18.5 Å². The second-order valence-corrected chi connectivity index (χ2v) is 3.95. The van der Waals surface area contributed by atoms with Gasteiger partial charge in [0.25, 0.3) is 5.91 Å². The molecule has 1 heterocycles. The van der Waals surface area contributed by atoms with E-state index < -0.39 is 11.0 Å². The van der Waals surface area contributed by atoms with Crippen LogP contribution in [0.1, 0.15) is 17.3 Å². The molecule has 0 aliphatic carbocycles. The second-order valence-electron chi connectivity index (χ2n) is 2.68. The number of hydrogen-bond donors (Lipinski definition) is 2. The molecule has 0 radical (unpaired) electrons. The summed E-state index contributed by atoms with van der Waals surface area (Å²) in [5.41, 5.74) is 4.71. The van der Waals surface area contributed by atoms with Crippen molar-refractivity contribution in [2.24, 2.45) is 5.73 Å². The van der Waals surface area contributed by atoms with Crippen molar-refractivity contribution in [1.29, 1.82) is 0 Å². The van der Waals surface area contributed by atoms with Gasteiger partial charge in [-0.05, 0) is 13.0 Å². The van der Waals surface area contributed by atoms with E-state index in [1.54, 1.807) is 24.7 Å². The van der Waals surface area contributed by atoms with Crippen LogP contribution in [-0.2, 0) is 15.8 Å². The lowest BCUT2D eigenvalue weighted by atomic mass is 10.3. The summed E-state index contributed by atoms with van der Waals surface area (Å²) in [6, 6.07) is 1.65. The number of amides is 2. The summed E-state index contributed by atoms with van der Waals surface area (Å²) in [7, 11) is -1.09. The molecule has 2 amide bonds. The molecule has 1 atom stereocenters. The Balaban J connectivity index is 0.000000673. The third kappa shape index (κ3) is 4.74. The van der Waals surface area contributed by atoms with Gasteiger partial charge in [-0.15, -0.1) is 0 Å². The predicted molar refractivity (Wildman–Crippen MR) is 62.2 cm³/mol. The number of nitrogens with two attached hydrogens (primary N) is 1. The minimum Gasteiger partial charge on any atom is -0.372 e. The highest BCUT2D eigenvalue weighted by atomic mass is 32.2. The summed E-state index contributed by atoms with van der Waals surface area (Å²) < 4.78 is 12.5. The van der Waals surface area contributed by atoms with Crippen LogP contribution >= 0.6 is 0 Å². The Labute approximate surface area is 96.4 Å². The molecule has 0 spiro atoms. The summed E-state index contributed by atoms with van der Waals surface area (Å²) in [6.07, 6.45) is 5.00. The summed E-state index contributed by atoms with van der Waals surface area (Å²) in [4.78, 5) is 19.8. The first-order valence-corrected chi connectivity index (χ1v) is 6.03. The van der Waals surface area contributed by atoms with Gasteiger partial charge in [-0.3, -0.25) is 13.6 Å². The summed E-state index contributed by atoms with van der Waals surface area (Å²) in [5.74, 6) is -0.133. The minimum absolute atomic E-state index is 0.133. The second kappa shape index (κ2) is 7.63. The fourth-order valence-corrected chi connectivity index (χ4v) is 1.43. The molecule has 1 rings (SSSR count). The maximum absolute atomic E-state index is 11.3. The van der Waals surface area contributed by atoms with Crippen molar-refractivity contribution < 1.29 is 13.8 Å². The predicted octanol–water partition coefficient (Wildman–Crippen LogP) is -0.519. The third-order valence-electron chi connectivity index (χ3n) is 1.56. The molecule has 0 fully saturated rings. The topological polar surface area (TPSA) is 94.2 Å². The molecule has 90 valence electrons. The number of aromatic nitrogens is 1. The van der Waals surface area contributed by atoms with E-state index in [1.807, 2.05) is 6.92 Å². The van der Waals surface area contributed by atoms with Crippen molar-refractivity contribution >= 4 is 23.3 Å². The van der Waals surface area contributed by atoms with Gasteiger partial charge in [-0.25, -0.2) is 4.21 Å². The van der Waals surface area contributed by atoms with Crippen molar-refractivity contribution in [2.45, 2.75) is 6.92 Å². The molecule has 1 unspecified atom stereocenters. The Morgan fingerprint density at radius 2 is 2.25 bits per heavy atom. The zero-order chi connectivity index (χ0) is 12.6. The van der Waals surface area contributed by atoms with E-state index in [0.717, 1.165) is 0 Å². The highest BCUT2D eigenvalue weighted by Crippen LogP contribution is 2.01. The number of carbonyl (C=O) groups is 2. The maximum Gasteiger partial charge on any atom is 0.252 e. The molecule has 1 aromatic heterocycles. The lowest BCUT2D eigenvalue weighted by molar-refractivity contribution is -0.106. The zero-order valence-electron chi connectivity index (χ0n) is 9.17. The third-order valence-corrected chi connectivity index (χ3v) is 2.38. The normalized spacial score (nSPS) is 10.9. The molecule has 0 saturated carbocycles. The highest BCUT2D eigenvalue weighted by molar-refractivity contribution is 7.82. The van der Waals surface area contributed by atoms with Gasteiger partial charge in [0.2, 0.25) is 6.41 Å². The van der Waals surface area contributed by atoms with Crippen molar-refractivity contribution in [3.63, 3.8) is 0 Å². The molecular weight excluding hydrogens is 230 g/mol. The molecule has 0 aliphatic heterocycles. The fourth-order valence-electron chi connectivity index (χ4n) is 0.934. The number of rotatable bonds is 3. The van der Waals surface area contributed by atoms with E-state index >= 15 is 0 Å². The van der Waals surface area contributed by atoms with Gasteiger partial charge in [-0.1, -0.05) is 0 Å². The number of carbonyl (C=O) groups excluding carboxylic acids is 2. The quantitative estimate of drug-likeness (QED) is 0.702. The summed E-state index contributed by atoms with van der Waals surface area (Å²) in [6.45, 7) is 2.45. The lowest BCUT2D eigenvalue weighted by Gasteiger charge is -1.97. The van der Waals surface area contributed by atoms with Gasteiger partial charge in [0, 0.05) is 25.2 Å². The standard InChI is InChI=1S/C8H12N2O2S.CH3NO/c1-3-9-8(11)7-4-5-10(6-7)13(2)12;2-1-3/h4-6H,3H2,1-2H3,(H,9,11);1H,(H2,2,3). The van der Waals surface area contributed by atoms with Crippen LogP contribution in [0, 0.1) is 0 Å². The first-order valence-electron chi connectivity index (χ1n) is 4.52. The molecule has 0 saturated heterocycles. The summed E-state index contributed by atoms with van der Waals surface area (Å²) >= 11 is 0. The number of nitrogens with one attached hydrogen (secondary N) is 1.